The van der Waals surface area contributed by atoms with Crippen molar-refractivity contribution >= 4 is 11.8 Å². The molecule has 3 rings (SSSR count). The van der Waals surface area contributed by atoms with E-state index in [9.17, 15) is 9.59 Å². The lowest BCUT2D eigenvalue weighted by Crippen LogP contribution is -2.07. The molecule has 0 bridgehead atoms. The van der Waals surface area contributed by atoms with Gasteiger partial charge >= 0.3 is 5.97 Å². The van der Waals surface area contributed by atoms with Crippen molar-refractivity contribution in [3.8, 4) is 17.2 Å². The molecule has 0 aliphatic heterocycles. The van der Waals surface area contributed by atoms with E-state index in [2.05, 4.69) is 0 Å². The van der Waals surface area contributed by atoms with E-state index in [0.717, 1.165) is 5.75 Å². The number of benzene rings is 3. The van der Waals surface area contributed by atoms with E-state index in [-0.39, 0.29) is 12.4 Å². The first kappa shape index (κ1) is 19.2. The smallest absolute Gasteiger partial charge is 0.338 e. The third kappa shape index (κ3) is 4.76. The summed E-state index contributed by atoms with van der Waals surface area (Å²) < 4.78 is 16.4. The number of ether oxygens (including phenoxy) is 3. The van der Waals surface area contributed by atoms with Crippen LogP contribution in [0.5, 0.6) is 17.2 Å². The third-order valence-electron chi connectivity index (χ3n) is 4.11. The second-order valence-corrected chi connectivity index (χ2v) is 6.10. The van der Waals surface area contributed by atoms with Crippen LogP contribution in [0.4, 0.5) is 0 Å². The summed E-state index contributed by atoms with van der Waals surface area (Å²) in [6.07, 6.45) is 0. The fraction of sp³-hybridized carbons (Fsp3) is 0.130. The zero-order valence-electron chi connectivity index (χ0n) is 15.7. The van der Waals surface area contributed by atoms with Crippen molar-refractivity contribution in [1.29, 1.82) is 0 Å². The van der Waals surface area contributed by atoms with Crippen LogP contribution in [-0.4, -0.2) is 18.9 Å². The highest BCUT2D eigenvalue weighted by molar-refractivity contribution is 5.94. The van der Waals surface area contributed by atoms with Crippen molar-refractivity contribution in [1.82, 2.24) is 0 Å². The number of carbonyl (C=O) groups is 2. The first-order valence-electron chi connectivity index (χ1n) is 8.75. The molecule has 0 fully saturated rings. The van der Waals surface area contributed by atoms with Gasteiger partial charge in [-0.2, -0.15) is 0 Å². The maximum absolute atomic E-state index is 12.3. The summed E-state index contributed by atoms with van der Waals surface area (Å²) in [5.41, 5.74) is 1.57. The molecule has 0 saturated carbocycles. The zero-order valence-corrected chi connectivity index (χ0v) is 15.7. The Kier molecular flexibility index (Phi) is 6.07. The van der Waals surface area contributed by atoms with Crippen molar-refractivity contribution in [3.05, 3.63) is 89.5 Å². The Hall–Kier alpha value is -3.60. The summed E-state index contributed by atoms with van der Waals surface area (Å²) in [6, 6.07) is 21.1. The van der Waals surface area contributed by atoms with Gasteiger partial charge < -0.3 is 14.2 Å². The Balaban J connectivity index is 1.65. The summed E-state index contributed by atoms with van der Waals surface area (Å²) in [5, 5.41) is 0. The molecule has 28 heavy (non-hydrogen) atoms. The third-order valence-corrected chi connectivity index (χ3v) is 4.11. The van der Waals surface area contributed by atoms with Gasteiger partial charge in [0.15, 0.2) is 5.78 Å². The van der Waals surface area contributed by atoms with E-state index >= 15 is 0 Å². The van der Waals surface area contributed by atoms with Crippen LogP contribution in [0.15, 0.2) is 72.8 Å². The van der Waals surface area contributed by atoms with E-state index < -0.39 is 5.97 Å². The van der Waals surface area contributed by atoms with Gasteiger partial charge in [0.05, 0.1) is 12.7 Å². The lowest BCUT2D eigenvalue weighted by Gasteiger charge is -2.11. The number of esters is 1. The summed E-state index contributed by atoms with van der Waals surface area (Å²) in [5.74, 6) is 1.36. The molecule has 142 valence electrons. The number of ketones is 1. The van der Waals surface area contributed by atoms with Gasteiger partial charge in [0.25, 0.3) is 0 Å². The first-order chi connectivity index (χ1) is 13.6. The van der Waals surface area contributed by atoms with Gasteiger partial charge in [0, 0.05) is 11.1 Å². The van der Waals surface area contributed by atoms with Crippen LogP contribution in [-0.2, 0) is 11.3 Å². The minimum Gasteiger partial charge on any atom is -0.496 e. The lowest BCUT2D eigenvalue weighted by molar-refractivity contribution is 0.0470. The van der Waals surface area contributed by atoms with Crippen LogP contribution < -0.4 is 9.47 Å². The number of carbonyl (C=O) groups excluding carboxylic acids is 2. The largest absolute Gasteiger partial charge is 0.496 e. The van der Waals surface area contributed by atoms with Gasteiger partial charge in [-0.25, -0.2) is 4.79 Å². The molecule has 0 unspecified atom stereocenters. The Labute approximate surface area is 163 Å². The molecule has 0 saturated heterocycles. The molecule has 0 heterocycles. The molecule has 0 amide bonds. The predicted octanol–water partition coefficient (Wildman–Crippen LogP) is 5.05. The van der Waals surface area contributed by atoms with Gasteiger partial charge in [0.1, 0.15) is 23.9 Å². The summed E-state index contributed by atoms with van der Waals surface area (Å²) in [7, 11) is 1.53. The van der Waals surface area contributed by atoms with E-state index in [1.54, 1.807) is 42.5 Å². The number of Topliss-reactive ketones (excluding diaryl/α,β-unsaturated/α-hetero) is 1. The van der Waals surface area contributed by atoms with Crippen molar-refractivity contribution in [2.75, 3.05) is 7.11 Å². The second kappa shape index (κ2) is 8.86. The van der Waals surface area contributed by atoms with Crippen LogP contribution in [0.1, 0.15) is 33.2 Å². The highest BCUT2D eigenvalue weighted by Crippen LogP contribution is 2.23. The lowest BCUT2D eigenvalue weighted by atomic mass is 10.1. The van der Waals surface area contributed by atoms with Crippen LogP contribution in [0, 0.1) is 0 Å². The topological polar surface area (TPSA) is 61.8 Å². The van der Waals surface area contributed by atoms with Crippen molar-refractivity contribution < 1.29 is 23.8 Å². The molecule has 0 aliphatic carbocycles. The van der Waals surface area contributed by atoms with Crippen LogP contribution in [0.3, 0.4) is 0 Å². The molecule has 5 heteroatoms. The molecule has 0 radical (unpaired) electrons. The molecule has 0 spiro atoms. The number of rotatable bonds is 7. The SMILES string of the molecule is COc1ccc(C(C)=O)cc1COC(=O)c1ccc(Oc2ccccc2)cc1. The number of methoxy groups -OCH3 is 1. The average molecular weight is 376 g/mol. The van der Waals surface area contributed by atoms with E-state index in [0.29, 0.717) is 28.2 Å². The fourth-order valence-corrected chi connectivity index (χ4v) is 2.62. The Morgan fingerprint density at radius 3 is 2.11 bits per heavy atom. The van der Waals surface area contributed by atoms with Gasteiger partial charge in [-0.15, -0.1) is 0 Å². The molecular weight excluding hydrogens is 356 g/mol. The fourth-order valence-electron chi connectivity index (χ4n) is 2.62. The second-order valence-electron chi connectivity index (χ2n) is 6.10. The van der Waals surface area contributed by atoms with E-state index in [1.807, 2.05) is 30.3 Å². The maximum atomic E-state index is 12.3. The van der Waals surface area contributed by atoms with Crippen molar-refractivity contribution in [2.45, 2.75) is 13.5 Å². The number of hydrogen-bond donors (Lipinski definition) is 0. The standard InChI is InChI=1S/C23H20O5/c1-16(24)18-10-13-22(26-2)19(14-18)15-27-23(25)17-8-11-21(12-9-17)28-20-6-4-3-5-7-20/h3-14H,15H2,1-2H3. The highest BCUT2D eigenvalue weighted by atomic mass is 16.5. The molecule has 3 aromatic carbocycles. The normalized spacial score (nSPS) is 10.2. The Bertz CT molecular complexity index is 962. The zero-order chi connectivity index (χ0) is 19.9. The minimum absolute atomic E-state index is 0.00535. The quantitative estimate of drug-likeness (QED) is 0.427. The van der Waals surface area contributed by atoms with Crippen LogP contribution >= 0.6 is 0 Å². The van der Waals surface area contributed by atoms with Crippen molar-refractivity contribution in [3.63, 3.8) is 0 Å². The molecule has 0 aliphatic rings. The van der Waals surface area contributed by atoms with Gasteiger partial charge in [-0.3, -0.25) is 4.79 Å². The Morgan fingerprint density at radius 2 is 1.46 bits per heavy atom. The molecule has 5 nitrogen and oxygen atoms in total. The van der Waals surface area contributed by atoms with E-state index in [4.69, 9.17) is 14.2 Å². The average Bonchev–Trinajstić information content (AvgIpc) is 2.73. The predicted molar refractivity (Wildman–Crippen MR) is 105 cm³/mol. The van der Waals surface area contributed by atoms with Crippen LogP contribution in [0.25, 0.3) is 0 Å². The maximum Gasteiger partial charge on any atom is 0.338 e. The molecular formula is C23H20O5. The number of hydrogen-bond acceptors (Lipinski definition) is 5. The summed E-state index contributed by atoms with van der Waals surface area (Å²) in [6.45, 7) is 1.49. The van der Waals surface area contributed by atoms with Gasteiger partial charge in [-0.05, 0) is 61.5 Å². The minimum atomic E-state index is -0.471. The monoisotopic (exact) mass is 376 g/mol. The molecule has 0 atom stereocenters. The number of para-hydroxylation sites is 1. The molecule has 0 N–H and O–H groups in total. The highest BCUT2D eigenvalue weighted by Gasteiger charge is 2.12. The Morgan fingerprint density at radius 1 is 0.821 bits per heavy atom. The van der Waals surface area contributed by atoms with Crippen LogP contribution in [0.2, 0.25) is 0 Å². The molecule has 0 aromatic heterocycles. The molecule has 3 aromatic rings. The van der Waals surface area contributed by atoms with Gasteiger partial charge in [0.2, 0.25) is 0 Å². The summed E-state index contributed by atoms with van der Waals surface area (Å²) in [4.78, 5) is 23.9. The van der Waals surface area contributed by atoms with E-state index in [1.165, 1.54) is 14.0 Å². The first-order valence-corrected chi connectivity index (χ1v) is 8.75. The van der Waals surface area contributed by atoms with Crippen molar-refractivity contribution in [2.24, 2.45) is 0 Å². The van der Waals surface area contributed by atoms with Gasteiger partial charge in [-0.1, -0.05) is 18.2 Å². The summed E-state index contributed by atoms with van der Waals surface area (Å²) >= 11 is 0.